The fourth-order valence-electron chi connectivity index (χ4n) is 0.697. The number of halogens is 2. The predicted molar refractivity (Wildman–Crippen MR) is 60.8 cm³/mol. The van der Waals surface area contributed by atoms with Crippen molar-refractivity contribution in [2.24, 2.45) is 0 Å². The lowest BCUT2D eigenvalue weighted by Gasteiger charge is -1.85. The van der Waals surface area contributed by atoms with Crippen molar-refractivity contribution in [2.75, 3.05) is 0 Å². The molecule has 0 aliphatic carbocycles. The third-order valence-electron chi connectivity index (χ3n) is 1.27. The van der Waals surface area contributed by atoms with Gasteiger partial charge in [-0.05, 0) is 44.0 Å². The Hall–Kier alpha value is -0.460. The Kier molecular flexibility index (Phi) is 4.03. The number of carboxylic acids is 1. The van der Waals surface area contributed by atoms with E-state index in [0.29, 0.717) is 4.88 Å². The van der Waals surface area contributed by atoms with Crippen LogP contribution in [0.3, 0.4) is 0 Å². The van der Waals surface area contributed by atoms with Crippen molar-refractivity contribution in [2.45, 2.75) is 0 Å². The van der Waals surface area contributed by atoms with Crippen LogP contribution in [0.2, 0.25) is 0 Å². The van der Waals surface area contributed by atoms with Gasteiger partial charge in [0.15, 0.2) is 5.78 Å². The van der Waals surface area contributed by atoms with Crippen molar-refractivity contribution in [1.82, 2.24) is 0 Å². The molecule has 3 nitrogen and oxygen atoms in total. The topological polar surface area (TPSA) is 54.4 Å². The van der Waals surface area contributed by atoms with Crippen LogP contribution in [0.15, 0.2) is 26.5 Å². The molecule has 0 unspecified atom stereocenters. The molecule has 0 aliphatic rings. The smallest absolute Gasteiger partial charge is 0.328 e. The Morgan fingerprint density at radius 1 is 1.36 bits per heavy atom. The average Bonchev–Trinajstić information content (AvgIpc) is 2.43. The summed E-state index contributed by atoms with van der Waals surface area (Å²) in [5, 5.41) is 8.31. The molecule has 0 aromatic carbocycles. The molecule has 1 heterocycles. The zero-order chi connectivity index (χ0) is 10.7. The van der Waals surface area contributed by atoms with Crippen LogP contribution in [0.1, 0.15) is 9.67 Å². The Balaban J connectivity index is 2.85. The molecule has 0 radical (unpaired) electrons. The van der Waals surface area contributed by atoms with Crippen molar-refractivity contribution < 1.29 is 14.7 Å². The fraction of sp³-hybridized carbons (Fsp3) is 0. The first kappa shape index (κ1) is 11.6. The van der Waals surface area contributed by atoms with E-state index in [1.54, 1.807) is 6.07 Å². The molecule has 1 aromatic rings. The number of allylic oxidation sites excluding steroid dienone is 1. The molecule has 0 amide bonds. The summed E-state index contributed by atoms with van der Waals surface area (Å²) in [6.07, 6.45) is 1.86. The lowest BCUT2D eigenvalue weighted by Crippen LogP contribution is -1.93. The SMILES string of the molecule is O=C(O)/C=C/C(=O)c1cc(Br)c(Br)s1. The van der Waals surface area contributed by atoms with E-state index < -0.39 is 5.97 Å². The molecule has 6 heteroatoms. The first-order valence-corrected chi connectivity index (χ1v) is 5.81. The monoisotopic (exact) mass is 338 g/mol. The van der Waals surface area contributed by atoms with Crippen LogP contribution >= 0.6 is 43.2 Å². The van der Waals surface area contributed by atoms with E-state index in [0.717, 1.165) is 20.4 Å². The number of carbonyl (C=O) groups excluding carboxylic acids is 1. The molecule has 0 saturated carbocycles. The van der Waals surface area contributed by atoms with Crippen LogP contribution in [0.5, 0.6) is 0 Å². The summed E-state index contributed by atoms with van der Waals surface area (Å²) in [4.78, 5) is 22.0. The van der Waals surface area contributed by atoms with Gasteiger partial charge in [0, 0.05) is 10.5 Å². The number of hydrogen-bond donors (Lipinski definition) is 1. The molecular formula is C8H4Br2O3S. The van der Waals surface area contributed by atoms with Crippen LogP contribution in [-0.4, -0.2) is 16.9 Å². The zero-order valence-electron chi connectivity index (χ0n) is 6.66. The number of carboxylic acid groups (broad SMARTS) is 1. The third kappa shape index (κ3) is 3.04. The number of ketones is 1. The normalized spacial score (nSPS) is 10.7. The van der Waals surface area contributed by atoms with E-state index in [-0.39, 0.29) is 5.78 Å². The molecule has 0 spiro atoms. The molecule has 0 aliphatic heterocycles. The van der Waals surface area contributed by atoms with Crippen molar-refractivity contribution in [3.05, 3.63) is 31.4 Å². The van der Waals surface area contributed by atoms with Crippen LogP contribution < -0.4 is 0 Å². The van der Waals surface area contributed by atoms with Crippen molar-refractivity contribution in [3.63, 3.8) is 0 Å². The summed E-state index contributed by atoms with van der Waals surface area (Å²) >= 11 is 7.73. The molecule has 0 saturated heterocycles. The maximum absolute atomic E-state index is 11.3. The standard InChI is InChI=1S/C8H4Br2O3S/c9-4-3-6(14-8(4)10)5(11)1-2-7(12)13/h1-3H,(H,12,13)/b2-1+. The molecule has 1 aromatic heterocycles. The van der Waals surface area contributed by atoms with Gasteiger partial charge in [-0.15, -0.1) is 11.3 Å². The van der Waals surface area contributed by atoms with E-state index in [2.05, 4.69) is 31.9 Å². The van der Waals surface area contributed by atoms with Gasteiger partial charge in [-0.25, -0.2) is 4.79 Å². The summed E-state index contributed by atoms with van der Waals surface area (Å²) < 4.78 is 1.60. The minimum absolute atomic E-state index is 0.316. The van der Waals surface area contributed by atoms with Gasteiger partial charge in [-0.1, -0.05) is 0 Å². The largest absolute Gasteiger partial charge is 0.478 e. The van der Waals surface area contributed by atoms with Gasteiger partial charge in [0.2, 0.25) is 0 Å². The Morgan fingerprint density at radius 3 is 2.43 bits per heavy atom. The molecule has 74 valence electrons. The van der Waals surface area contributed by atoms with Gasteiger partial charge in [0.25, 0.3) is 0 Å². The zero-order valence-corrected chi connectivity index (χ0v) is 10.6. The number of aliphatic carboxylic acids is 1. The summed E-state index contributed by atoms with van der Waals surface area (Å²) in [7, 11) is 0. The Bertz CT molecular complexity index is 389. The van der Waals surface area contributed by atoms with Crippen LogP contribution in [-0.2, 0) is 4.79 Å². The highest BCUT2D eigenvalue weighted by atomic mass is 79.9. The molecule has 14 heavy (non-hydrogen) atoms. The highest BCUT2D eigenvalue weighted by molar-refractivity contribution is 9.13. The van der Waals surface area contributed by atoms with Crippen molar-refractivity contribution in [1.29, 1.82) is 0 Å². The fourth-order valence-corrected chi connectivity index (χ4v) is 2.65. The number of carbonyl (C=O) groups is 2. The maximum Gasteiger partial charge on any atom is 0.328 e. The number of thiophene rings is 1. The van der Waals surface area contributed by atoms with E-state index in [4.69, 9.17) is 5.11 Å². The van der Waals surface area contributed by atoms with E-state index >= 15 is 0 Å². The molecular weight excluding hydrogens is 336 g/mol. The summed E-state index contributed by atoms with van der Waals surface area (Å²) in [5.74, 6) is -1.45. The minimum atomic E-state index is -1.13. The summed E-state index contributed by atoms with van der Waals surface area (Å²) in [5.41, 5.74) is 0. The van der Waals surface area contributed by atoms with Crippen LogP contribution in [0.25, 0.3) is 0 Å². The van der Waals surface area contributed by atoms with Crippen molar-refractivity contribution in [3.8, 4) is 0 Å². The van der Waals surface area contributed by atoms with E-state index in [9.17, 15) is 9.59 Å². The van der Waals surface area contributed by atoms with Gasteiger partial charge in [0.05, 0.1) is 8.66 Å². The second-order valence-corrected chi connectivity index (χ2v) is 5.49. The maximum atomic E-state index is 11.3. The van der Waals surface area contributed by atoms with E-state index in [1.807, 2.05) is 0 Å². The van der Waals surface area contributed by atoms with Crippen LogP contribution in [0.4, 0.5) is 0 Å². The van der Waals surface area contributed by atoms with E-state index in [1.165, 1.54) is 11.3 Å². The molecule has 1 rings (SSSR count). The quantitative estimate of drug-likeness (QED) is 0.680. The van der Waals surface area contributed by atoms with Gasteiger partial charge in [-0.2, -0.15) is 0 Å². The average molecular weight is 340 g/mol. The van der Waals surface area contributed by atoms with Crippen LogP contribution in [0, 0.1) is 0 Å². The van der Waals surface area contributed by atoms with Gasteiger partial charge >= 0.3 is 5.97 Å². The minimum Gasteiger partial charge on any atom is -0.478 e. The Labute approximate surface area is 101 Å². The summed E-state index contributed by atoms with van der Waals surface area (Å²) in [6, 6.07) is 1.64. The van der Waals surface area contributed by atoms with Gasteiger partial charge in [-0.3, -0.25) is 4.79 Å². The molecule has 0 atom stereocenters. The number of rotatable bonds is 3. The highest BCUT2D eigenvalue weighted by Crippen LogP contribution is 2.32. The number of hydrogen-bond acceptors (Lipinski definition) is 3. The molecule has 1 N–H and O–H groups in total. The Morgan fingerprint density at radius 2 is 2.00 bits per heavy atom. The predicted octanol–water partition coefficient (Wildman–Crippen LogP) is 3.10. The first-order chi connectivity index (χ1) is 6.50. The third-order valence-corrected chi connectivity index (χ3v) is 4.54. The van der Waals surface area contributed by atoms with Crippen molar-refractivity contribution >= 4 is 54.9 Å². The highest BCUT2D eigenvalue weighted by Gasteiger charge is 2.09. The first-order valence-electron chi connectivity index (χ1n) is 3.41. The van der Waals surface area contributed by atoms with Gasteiger partial charge < -0.3 is 5.11 Å². The molecule has 0 fully saturated rings. The van der Waals surface area contributed by atoms with Gasteiger partial charge in [0.1, 0.15) is 0 Å². The lowest BCUT2D eigenvalue weighted by atomic mass is 10.3. The summed E-state index contributed by atoms with van der Waals surface area (Å²) in [6.45, 7) is 0. The second-order valence-electron chi connectivity index (χ2n) is 2.27. The molecule has 0 bridgehead atoms. The lowest BCUT2D eigenvalue weighted by molar-refractivity contribution is -0.131. The second kappa shape index (κ2) is 4.86.